The highest BCUT2D eigenvalue weighted by Crippen LogP contribution is 2.08. The summed E-state index contributed by atoms with van der Waals surface area (Å²) in [5, 5.41) is 0. The van der Waals surface area contributed by atoms with E-state index >= 15 is 0 Å². The van der Waals surface area contributed by atoms with Gasteiger partial charge in [-0.3, -0.25) is 5.84 Å². The van der Waals surface area contributed by atoms with Crippen LogP contribution in [-0.4, -0.2) is 5.90 Å². The molecular formula is C16H24FN3O. The van der Waals surface area contributed by atoms with Gasteiger partial charge in [0, 0.05) is 12.5 Å². The largest absolute Gasteiger partial charge is 0.476 e. The molecule has 0 unspecified atom stereocenters. The number of aliphatic imine (C=N–C) groups is 1. The fourth-order valence-electron chi connectivity index (χ4n) is 1.26. The fourth-order valence-corrected chi connectivity index (χ4v) is 1.26. The Labute approximate surface area is 126 Å². The van der Waals surface area contributed by atoms with Gasteiger partial charge in [-0.2, -0.15) is 0 Å². The summed E-state index contributed by atoms with van der Waals surface area (Å²) in [6, 6.07) is 6.45. The van der Waals surface area contributed by atoms with Crippen molar-refractivity contribution in [3.63, 3.8) is 0 Å². The van der Waals surface area contributed by atoms with E-state index in [1.807, 2.05) is 13.8 Å². The smallest absolute Gasteiger partial charge is 0.185 e. The van der Waals surface area contributed by atoms with Gasteiger partial charge in [0.25, 0.3) is 0 Å². The van der Waals surface area contributed by atoms with Gasteiger partial charge in [-0.15, -0.1) is 0 Å². The molecule has 0 atom stereocenters. The number of benzene rings is 1. The minimum absolute atomic E-state index is 0.133. The molecule has 0 saturated carbocycles. The second-order valence-electron chi connectivity index (χ2n) is 4.00. The number of hydrogen-bond donors (Lipinski definition) is 2. The van der Waals surface area contributed by atoms with Crippen molar-refractivity contribution in [2.45, 2.75) is 34.3 Å². The van der Waals surface area contributed by atoms with Crippen LogP contribution in [0.5, 0.6) is 0 Å². The molecule has 21 heavy (non-hydrogen) atoms. The van der Waals surface area contributed by atoms with Gasteiger partial charge < -0.3 is 10.2 Å². The molecule has 116 valence electrons. The van der Waals surface area contributed by atoms with E-state index in [1.165, 1.54) is 12.3 Å². The second kappa shape index (κ2) is 10.6. The van der Waals surface area contributed by atoms with Crippen LogP contribution in [0.25, 0.3) is 0 Å². The van der Waals surface area contributed by atoms with Crippen LogP contribution in [0.3, 0.4) is 0 Å². The molecule has 3 N–H and O–H groups in total. The summed E-state index contributed by atoms with van der Waals surface area (Å²) < 4.78 is 18.7. The molecule has 0 aliphatic rings. The van der Waals surface area contributed by atoms with Crippen molar-refractivity contribution in [3.05, 3.63) is 59.7 Å². The van der Waals surface area contributed by atoms with Gasteiger partial charge in [0.15, 0.2) is 5.90 Å². The molecule has 1 aromatic rings. The lowest BCUT2D eigenvalue weighted by Gasteiger charge is -2.06. The molecule has 0 aromatic heterocycles. The molecule has 0 fully saturated rings. The predicted molar refractivity (Wildman–Crippen MR) is 85.9 cm³/mol. The average molecular weight is 293 g/mol. The van der Waals surface area contributed by atoms with E-state index in [9.17, 15) is 4.39 Å². The van der Waals surface area contributed by atoms with Gasteiger partial charge in [-0.1, -0.05) is 38.6 Å². The summed E-state index contributed by atoms with van der Waals surface area (Å²) in [6.07, 6.45) is 1.51. The van der Waals surface area contributed by atoms with Gasteiger partial charge in [-0.05, 0) is 18.6 Å². The maximum Gasteiger partial charge on any atom is 0.185 e. The maximum atomic E-state index is 13.3. The minimum atomic E-state index is -0.294. The summed E-state index contributed by atoms with van der Waals surface area (Å²) in [5.74, 6) is 5.43. The second-order valence-corrected chi connectivity index (χ2v) is 4.00. The van der Waals surface area contributed by atoms with Crippen LogP contribution in [0.1, 0.15) is 33.3 Å². The Balaban J connectivity index is 0.00000191. The molecule has 0 aliphatic carbocycles. The Morgan fingerprint density at radius 2 is 2.00 bits per heavy atom. The third-order valence-corrected chi connectivity index (χ3v) is 2.39. The van der Waals surface area contributed by atoms with Gasteiger partial charge in [0.1, 0.15) is 12.4 Å². The van der Waals surface area contributed by atoms with Crippen LogP contribution in [0.2, 0.25) is 0 Å². The number of hydrogen-bond acceptors (Lipinski definition) is 4. The molecule has 1 rings (SSSR count). The van der Waals surface area contributed by atoms with Crippen LogP contribution < -0.4 is 11.3 Å². The summed E-state index contributed by atoms with van der Waals surface area (Å²) >= 11 is 0. The molecule has 0 radical (unpaired) electrons. The standard InChI is InChI=1S/C14H18FN3O.C2H6/c1-10(2)14(18-16)8-17-11(3)19-9-12-6-4-5-7-13(12)15;1-2/h4-8,18H,1,9,16H2,2-3H3;1-2H3/b14-8+,17-11?;. The molecule has 4 nitrogen and oxygen atoms in total. The number of allylic oxidation sites excluding steroid dienone is 1. The number of nitrogens with zero attached hydrogens (tertiary/aromatic N) is 1. The summed E-state index contributed by atoms with van der Waals surface area (Å²) in [7, 11) is 0. The lowest BCUT2D eigenvalue weighted by molar-refractivity contribution is 0.284. The lowest BCUT2D eigenvalue weighted by atomic mass is 10.2. The van der Waals surface area contributed by atoms with Crippen molar-refractivity contribution in [3.8, 4) is 0 Å². The van der Waals surface area contributed by atoms with Gasteiger partial charge >= 0.3 is 0 Å². The Bertz CT molecular complexity index is 510. The van der Waals surface area contributed by atoms with E-state index in [0.717, 1.165) is 5.57 Å². The van der Waals surface area contributed by atoms with Crippen molar-refractivity contribution < 1.29 is 9.13 Å². The third kappa shape index (κ3) is 7.27. The van der Waals surface area contributed by atoms with E-state index in [-0.39, 0.29) is 12.4 Å². The van der Waals surface area contributed by atoms with Crippen molar-refractivity contribution in [2.75, 3.05) is 0 Å². The van der Waals surface area contributed by atoms with Crippen molar-refractivity contribution in [2.24, 2.45) is 10.8 Å². The SMILES string of the molecule is C=C(C)/C(=C\N=C(C)OCc1ccccc1F)NN.CC. The molecule has 0 aliphatic heterocycles. The molecule has 0 spiro atoms. The monoisotopic (exact) mass is 293 g/mol. The number of hydrazine groups is 1. The van der Waals surface area contributed by atoms with Gasteiger partial charge in [0.05, 0.1) is 11.9 Å². The first-order valence-electron chi connectivity index (χ1n) is 6.78. The highest BCUT2D eigenvalue weighted by molar-refractivity contribution is 5.73. The number of nitrogens with two attached hydrogens (primary N) is 1. The Morgan fingerprint density at radius 3 is 2.52 bits per heavy atom. The highest BCUT2D eigenvalue weighted by atomic mass is 19.1. The number of ether oxygens (including phenoxy) is 1. The highest BCUT2D eigenvalue weighted by Gasteiger charge is 2.01. The van der Waals surface area contributed by atoms with Crippen LogP contribution in [0.4, 0.5) is 4.39 Å². The van der Waals surface area contributed by atoms with Crippen molar-refractivity contribution in [1.29, 1.82) is 0 Å². The molecule has 5 heteroatoms. The Morgan fingerprint density at radius 1 is 1.38 bits per heavy atom. The molecule has 0 bridgehead atoms. The van der Waals surface area contributed by atoms with Gasteiger partial charge in [-0.25, -0.2) is 9.38 Å². The molecule has 0 saturated heterocycles. The van der Waals surface area contributed by atoms with E-state index in [4.69, 9.17) is 10.6 Å². The van der Waals surface area contributed by atoms with E-state index in [1.54, 1.807) is 32.0 Å². The minimum Gasteiger partial charge on any atom is -0.476 e. The molecule has 0 heterocycles. The zero-order valence-corrected chi connectivity index (χ0v) is 13.1. The lowest BCUT2D eigenvalue weighted by Crippen LogP contribution is -2.21. The summed E-state index contributed by atoms with van der Waals surface area (Å²) in [6.45, 7) is 11.4. The van der Waals surface area contributed by atoms with Crippen LogP contribution in [0.15, 0.2) is 53.3 Å². The van der Waals surface area contributed by atoms with Crippen molar-refractivity contribution in [1.82, 2.24) is 5.43 Å². The first-order valence-corrected chi connectivity index (χ1v) is 6.78. The zero-order chi connectivity index (χ0) is 16.3. The number of halogens is 1. The summed E-state index contributed by atoms with van der Waals surface area (Å²) in [5.41, 5.74) is 4.33. The van der Waals surface area contributed by atoms with Crippen LogP contribution in [0, 0.1) is 5.82 Å². The maximum absolute atomic E-state index is 13.3. The predicted octanol–water partition coefficient (Wildman–Crippen LogP) is 3.67. The topological polar surface area (TPSA) is 59.6 Å². The number of rotatable bonds is 5. The summed E-state index contributed by atoms with van der Waals surface area (Å²) in [4.78, 5) is 4.07. The first kappa shape index (κ1) is 18.9. The average Bonchev–Trinajstić information content (AvgIpc) is 2.48. The molecular weight excluding hydrogens is 269 g/mol. The zero-order valence-electron chi connectivity index (χ0n) is 13.1. The van der Waals surface area contributed by atoms with E-state index in [2.05, 4.69) is 17.0 Å². The fraction of sp³-hybridized carbons (Fsp3) is 0.312. The van der Waals surface area contributed by atoms with Crippen LogP contribution in [-0.2, 0) is 11.3 Å². The van der Waals surface area contributed by atoms with Gasteiger partial charge in [0.2, 0.25) is 0 Å². The first-order chi connectivity index (χ1) is 10.0. The van der Waals surface area contributed by atoms with E-state index in [0.29, 0.717) is 17.2 Å². The quantitative estimate of drug-likeness (QED) is 0.286. The van der Waals surface area contributed by atoms with E-state index < -0.39 is 0 Å². The Hall–Kier alpha value is -2.14. The normalized spacial score (nSPS) is 11.3. The van der Waals surface area contributed by atoms with Crippen LogP contribution >= 0.6 is 0 Å². The molecule has 0 amide bonds. The number of nitrogens with one attached hydrogen (secondary N) is 1. The Kier molecular flexibility index (Phi) is 9.54. The third-order valence-electron chi connectivity index (χ3n) is 2.39. The van der Waals surface area contributed by atoms with Crippen molar-refractivity contribution >= 4 is 5.90 Å². The molecule has 1 aromatic carbocycles.